The van der Waals surface area contributed by atoms with Gasteiger partial charge in [0.15, 0.2) is 18.1 Å². The molecule has 0 aliphatic rings. The van der Waals surface area contributed by atoms with Crippen LogP contribution in [0.25, 0.3) is 0 Å². The van der Waals surface area contributed by atoms with Crippen LogP contribution in [0.4, 0.5) is 5.69 Å². The van der Waals surface area contributed by atoms with Crippen molar-refractivity contribution in [3.63, 3.8) is 0 Å². The van der Waals surface area contributed by atoms with Gasteiger partial charge < -0.3 is 20.1 Å². The van der Waals surface area contributed by atoms with Crippen LogP contribution in [-0.2, 0) is 4.79 Å². The fourth-order valence-electron chi connectivity index (χ4n) is 2.46. The third kappa shape index (κ3) is 4.53. The molecule has 2 amide bonds. The zero-order valence-corrected chi connectivity index (χ0v) is 15.5. The van der Waals surface area contributed by atoms with Gasteiger partial charge in [-0.2, -0.15) is 0 Å². The van der Waals surface area contributed by atoms with Gasteiger partial charge in [0.25, 0.3) is 11.8 Å². The number of carbonyl (C=O) groups is 2. The number of benzene rings is 2. The Morgan fingerprint density at radius 3 is 2.27 bits per heavy atom. The number of nitrogens with two attached hydrogens (primary N) is 1. The Bertz CT molecular complexity index is 785. The summed E-state index contributed by atoms with van der Waals surface area (Å²) in [6, 6.07) is 12.7. The molecule has 6 nitrogen and oxygen atoms in total. The number of primary amides is 1. The number of nitrogens with zero attached hydrogens (tertiary/aromatic N) is 1. The van der Waals surface area contributed by atoms with Crippen LogP contribution < -0.4 is 20.1 Å². The van der Waals surface area contributed by atoms with Gasteiger partial charge in [0.2, 0.25) is 0 Å². The number of hydrogen-bond donors (Lipinski definition) is 1. The van der Waals surface area contributed by atoms with E-state index in [0.29, 0.717) is 23.0 Å². The van der Waals surface area contributed by atoms with Gasteiger partial charge in [0, 0.05) is 18.3 Å². The molecule has 0 saturated heterocycles. The molecule has 0 aromatic heterocycles. The summed E-state index contributed by atoms with van der Waals surface area (Å²) in [6.45, 7) is 3.99. The molecular weight excluding hydrogens is 332 g/mol. The lowest BCUT2D eigenvalue weighted by Gasteiger charge is -2.19. The molecule has 2 N–H and O–H groups in total. The molecule has 2 rings (SSSR count). The molecule has 0 spiro atoms. The lowest BCUT2D eigenvalue weighted by Crippen LogP contribution is -2.26. The summed E-state index contributed by atoms with van der Waals surface area (Å²) >= 11 is 0. The third-order valence-corrected chi connectivity index (χ3v) is 4.03. The number of rotatable bonds is 7. The minimum atomic E-state index is -0.586. The van der Waals surface area contributed by atoms with Crippen LogP contribution in [0.5, 0.6) is 11.5 Å². The monoisotopic (exact) mass is 356 g/mol. The van der Waals surface area contributed by atoms with Crippen molar-refractivity contribution in [2.24, 2.45) is 5.73 Å². The second-order valence-electron chi connectivity index (χ2n) is 6.23. The Labute approximate surface area is 153 Å². The Morgan fingerprint density at radius 2 is 1.73 bits per heavy atom. The van der Waals surface area contributed by atoms with Gasteiger partial charge in [-0.15, -0.1) is 0 Å². The molecule has 0 unspecified atom stereocenters. The van der Waals surface area contributed by atoms with E-state index >= 15 is 0 Å². The largest absolute Gasteiger partial charge is 0.493 e. The van der Waals surface area contributed by atoms with E-state index in [2.05, 4.69) is 13.8 Å². The fourth-order valence-corrected chi connectivity index (χ4v) is 2.46. The van der Waals surface area contributed by atoms with E-state index in [1.807, 2.05) is 24.3 Å². The summed E-state index contributed by atoms with van der Waals surface area (Å²) in [5.41, 5.74) is 7.54. The Morgan fingerprint density at radius 1 is 1.08 bits per heavy atom. The van der Waals surface area contributed by atoms with Crippen molar-refractivity contribution in [3.05, 3.63) is 53.6 Å². The summed E-state index contributed by atoms with van der Waals surface area (Å²) in [6.07, 6.45) is 0. The molecule has 0 radical (unpaired) electrons. The van der Waals surface area contributed by atoms with E-state index in [0.717, 1.165) is 5.69 Å². The zero-order valence-electron chi connectivity index (χ0n) is 15.5. The van der Waals surface area contributed by atoms with E-state index in [9.17, 15) is 9.59 Å². The first-order chi connectivity index (χ1) is 12.3. The van der Waals surface area contributed by atoms with Crippen LogP contribution in [0.3, 0.4) is 0 Å². The highest BCUT2D eigenvalue weighted by Crippen LogP contribution is 2.29. The van der Waals surface area contributed by atoms with Crippen LogP contribution in [0, 0.1) is 0 Å². The molecule has 0 saturated carbocycles. The smallest absolute Gasteiger partial charge is 0.258 e. The van der Waals surface area contributed by atoms with Gasteiger partial charge in [0.1, 0.15) is 0 Å². The molecule has 0 fully saturated rings. The molecule has 6 heteroatoms. The maximum absolute atomic E-state index is 12.8. The standard InChI is InChI=1S/C20H24N2O4/c1-13(2)14-5-8-16(9-6-14)22(3)20(24)15-7-10-17(18(11-15)25-4)26-12-19(21)23/h5-11,13H,12H2,1-4H3,(H2,21,23). The first kappa shape index (κ1) is 19.3. The number of ether oxygens (including phenoxy) is 2. The van der Waals surface area contributed by atoms with Crippen LogP contribution in [0.1, 0.15) is 35.7 Å². The Balaban J connectivity index is 2.21. The van der Waals surface area contributed by atoms with Crippen molar-refractivity contribution < 1.29 is 19.1 Å². The molecule has 0 aliphatic carbocycles. The highest BCUT2D eigenvalue weighted by atomic mass is 16.5. The molecule has 138 valence electrons. The molecular formula is C20H24N2O4. The predicted octanol–water partition coefficient (Wildman–Crippen LogP) is 2.96. The average molecular weight is 356 g/mol. The normalized spacial score (nSPS) is 10.5. The maximum atomic E-state index is 12.8. The second kappa shape index (κ2) is 8.38. The molecule has 2 aromatic carbocycles. The van der Waals surface area contributed by atoms with Crippen molar-refractivity contribution in [3.8, 4) is 11.5 Å². The molecule has 26 heavy (non-hydrogen) atoms. The van der Waals surface area contributed by atoms with Crippen LogP contribution in [-0.4, -0.2) is 32.6 Å². The summed E-state index contributed by atoms with van der Waals surface area (Å²) in [4.78, 5) is 25.2. The minimum Gasteiger partial charge on any atom is -0.493 e. The minimum absolute atomic E-state index is 0.179. The summed E-state index contributed by atoms with van der Waals surface area (Å²) in [7, 11) is 3.19. The number of carbonyl (C=O) groups excluding carboxylic acids is 2. The summed E-state index contributed by atoms with van der Waals surface area (Å²) in [5, 5.41) is 0. The molecule has 0 bridgehead atoms. The maximum Gasteiger partial charge on any atom is 0.258 e. The number of amides is 2. The molecule has 0 heterocycles. The van der Waals surface area contributed by atoms with Crippen LogP contribution >= 0.6 is 0 Å². The Hall–Kier alpha value is -3.02. The van der Waals surface area contributed by atoms with Crippen molar-refractivity contribution in [2.45, 2.75) is 19.8 Å². The van der Waals surface area contributed by atoms with E-state index in [1.165, 1.54) is 12.7 Å². The fraction of sp³-hybridized carbons (Fsp3) is 0.300. The van der Waals surface area contributed by atoms with Gasteiger partial charge in [0.05, 0.1) is 7.11 Å². The van der Waals surface area contributed by atoms with E-state index in [-0.39, 0.29) is 12.5 Å². The average Bonchev–Trinajstić information content (AvgIpc) is 2.65. The highest BCUT2D eigenvalue weighted by molar-refractivity contribution is 6.06. The summed E-state index contributed by atoms with van der Waals surface area (Å²) in [5.74, 6) is 0.383. The van der Waals surface area contributed by atoms with Crippen molar-refractivity contribution in [2.75, 3.05) is 25.7 Å². The molecule has 2 aromatic rings. The highest BCUT2D eigenvalue weighted by Gasteiger charge is 2.17. The van der Waals surface area contributed by atoms with E-state index < -0.39 is 5.91 Å². The molecule has 0 atom stereocenters. The van der Waals surface area contributed by atoms with Crippen LogP contribution in [0.15, 0.2) is 42.5 Å². The van der Waals surface area contributed by atoms with Gasteiger partial charge in [-0.05, 0) is 41.8 Å². The number of anilines is 1. The SMILES string of the molecule is COc1cc(C(=O)N(C)c2ccc(C(C)C)cc2)ccc1OCC(N)=O. The van der Waals surface area contributed by atoms with Crippen LogP contribution in [0.2, 0.25) is 0 Å². The second-order valence-corrected chi connectivity index (χ2v) is 6.23. The summed E-state index contributed by atoms with van der Waals surface area (Å²) < 4.78 is 10.5. The lowest BCUT2D eigenvalue weighted by molar-refractivity contribution is -0.119. The van der Waals surface area contributed by atoms with E-state index in [4.69, 9.17) is 15.2 Å². The van der Waals surface area contributed by atoms with Gasteiger partial charge >= 0.3 is 0 Å². The molecule has 0 aliphatic heterocycles. The van der Waals surface area contributed by atoms with E-state index in [1.54, 1.807) is 30.1 Å². The van der Waals surface area contributed by atoms with Gasteiger partial charge in [-0.25, -0.2) is 0 Å². The third-order valence-electron chi connectivity index (χ3n) is 4.03. The first-order valence-electron chi connectivity index (χ1n) is 8.30. The lowest BCUT2D eigenvalue weighted by atomic mass is 10.0. The quantitative estimate of drug-likeness (QED) is 0.827. The predicted molar refractivity (Wildman–Crippen MR) is 101 cm³/mol. The number of methoxy groups -OCH3 is 1. The first-order valence-corrected chi connectivity index (χ1v) is 8.30. The van der Waals surface area contributed by atoms with Crippen molar-refractivity contribution in [1.82, 2.24) is 0 Å². The van der Waals surface area contributed by atoms with Gasteiger partial charge in [-0.3, -0.25) is 9.59 Å². The Kier molecular flexibility index (Phi) is 6.22. The zero-order chi connectivity index (χ0) is 19.3. The van der Waals surface area contributed by atoms with Crippen molar-refractivity contribution >= 4 is 17.5 Å². The topological polar surface area (TPSA) is 81.9 Å². The number of hydrogen-bond acceptors (Lipinski definition) is 4. The van der Waals surface area contributed by atoms with Crippen molar-refractivity contribution in [1.29, 1.82) is 0 Å². The van der Waals surface area contributed by atoms with Gasteiger partial charge in [-0.1, -0.05) is 26.0 Å².